The lowest BCUT2D eigenvalue weighted by Crippen LogP contribution is -2.21. The van der Waals surface area contributed by atoms with Crippen LogP contribution in [0.3, 0.4) is 0 Å². The molecular weight excluding hydrogens is 310 g/mol. The Morgan fingerprint density at radius 2 is 1.04 bits per heavy atom. The normalized spacial score (nSPS) is 11.5. The van der Waals surface area contributed by atoms with E-state index in [2.05, 4.69) is 24.1 Å². The maximum atomic E-state index is 8.93. The fraction of sp³-hybridized carbons (Fsp3) is 0.909. The van der Waals surface area contributed by atoms with Gasteiger partial charge in [-0.15, -0.1) is 0 Å². The summed E-state index contributed by atoms with van der Waals surface area (Å²) < 4.78 is 0. The number of allylic oxidation sites excluding steroid dienone is 1. The van der Waals surface area contributed by atoms with Gasteiger partial charge in [0.1, 0.15) is 0 Å². The Balaban J connectivity index is 3.39. The van der Waals surface area contributed by atoms with Gasteiger partial charge in [-0.25, -0.2) is 0 Å². The molecule has 0 atom stereocenters. The molecular formula is C22H45NO2. The van der Waals surface area contributed by atoms with Gasteiger partial charge in [0.05, 0.1) is 0 Å². The number of unbranched alkanes of at least 4 members (excludes halogenated alkanes) is 12. The maximum Gasteiger partial charge on any atom is 0.0447 e. The first kappa shape index (κ1) is 24.5. The quantitative estimate of drug-likeness (QED) is 0.277. The van der Waals surface area contributed by atoms with Crippen molar-refractivity contribution in [3.63, 3.8) is 0 Å². The predicted molar refractivity (Wildman–Crippen MR) is 110 cm³/mol. The van der Waals surface area contributed by atoms with E-state index in [1.165, 1.54) is 77.0 Å². The standard InChI is InChI=1S/C22H45NO2/c1-2-3-4-5-6-7-8-9-10-11-12-13-14-15-18-23(19-16-21-24)20-17-22-25/h15,18,24-25H,2-14,16-17,19-22H2,1H3. The minimum absolute atomic E-state index is 0.238. The lowest BCUT2D eigenvalue weighted by Gasteiger charge is -2.19. The van der Waals surface area contributed by atoms with E-state index in [1.807, 2.05) is 0 Å². The molecule has 0 aromatic heterocycles. The zero-order valence-corrected chi connectivity index (χ0v) is 16.9. The van der Waals surface area contributed by atoms with Crippen molar-refractivity contribution in [1.82, 2.24) is 4.90 Å². The predicted octanol–water partition coefficient (Wildman–Crippen LogP) is 5.66. The first-order valence-corrected chi connectivity index (χ1v) is 11.0. The molecule has 0 saturated heterocycles. The summed E-state index contributed by atoms with van der Waals surface area (Å²) in [5.74, 6) is 0. The molecule has 0 bridgehead atoms. The van der Waals surface area contributed by atoms with Gasteiger partial charge in [0.25, 0.3) is 0 Å². The summed E-state index contributed by atoms with van der Waals surface area (Å²) in [5, 5.41) is 17.9. The van der Waals surface area contributed by atoms with E-state index in [9.17, 15) is 0 Å². The monoisotopic (exact) mass is 355 g/mol. The van der Waals surface area contributed by atoms with Gasteiger partial charge in [-0.2, -0.15) is 0 Å². The van der Waals surface area contributed by atoms with E-state index >= 15 is 0 Å². The Hall–Kier alpha value is -0.540. The van der Waals surface area contributed by atoms with Crippen LogP contribution in [-0.4, -0.2) is 41.4 Å². The van der Waals surface area contributed by atoms with Crippen molar-refractivity contribution in [2.24, 2.45) is 0 Å². The third-order valence-electron chi connectivity index (χ3n) is 4.75. The van der Waals surface area contributed by atoms with Crippen LogP contribution < -0.4 is 0 Å². The van der Waals surface area contributed by atoms with Crippen molar-refractivity contribution in [2.45, 2.75) is 103 Å². The van der Waals surface area contributed by atoms with Gasteiger partial charge >= 0.3 is 0 Å². The molecule has 0 amide bonds. The third kappa shape index (κ3) is 19.6. The van der Waals surface area contributed by atoms with E-state index in [-0.39, 0.29) is 13.2 Å². The molecule has 0 aliphatic carbocycles. The van der Waals surface area contributed by atoms with Crippen LogP contribution >= 0.6 is 0 Å². The van der Waals surface area contributed by atoms with Gasteiger partial charge in [0, 0.05) is 26.3 Å². The Morgan fingerprint density at radius 3 is 1.48 bits per heavy atom. The summed E-state index contributed by atoms with van der Waals surface area (Å²) in [4.78, 5) is 2.22. The highest BCUT2D eigenvalue weighted by Crippen LogP contribution is 2.12. The Morgan fingerprint density at radius 1 is 0.600 bits per heavy atom. The second-order valence-electron chi connectivity index (χ2n) is 7.25. The Labute approximate surface area is 157 Å². The maximum absolute atomic E-state index is 8.93. The van der Waals surface area contributed by atoms with Crippen molar-refractivity contribution in [3.8, 4) is 0 Å². The highest BCUT2D eigenvalue weighted by atomic mass is 16.3. The molecule has 0 saturated carbocycles. The summed E-state index contributed by atoms with van der Waals surface area (Å²) in [5.41, 5.74) is 0. The first-order valence-electron chi connectivity index (χ1n) is 11.0. The van der Waals surface area contributed by atoms with Crippen molar-refractivity contribution >= 4 is 0 Å². The van der Waals surface area contributed by atoms with Crippen LogP contribution in [0.5, 0.6) is 0 Å². The largest absolute Gasteiger partial charge is 0.396 e. The van der Waals surface area contributed by atoms with E-state index in [0.717, 1.165) is 32.4 Å². The molecule has 3 heteroatoms. The number of nitrogens with zero attached hydrogens (tertiary/aromatic N) is 1. The van der Waals surface area contributed by atoms with Crippen LogP contribution in [-0.2, 0) is 0 Å². The molecule has 0 spiro atoms. The molecule has 0 rings (SSSR count). The highest BCUT2D eigenvalue weighted by Gasteiger charge is 1.98. The van der Waals surface area contributed by atoms with E-state index in [4.69, 9.17) is 10.2 Å². The lowest BCUT2D eigenvalue weighted by molar-refractivity contribution is 0.236. The first-order chi connectivity index (χ1) is 12.3. The molecule has 0 unspecified atom stereocenters. The summed E-state index contributed by atoms with van der Waals surface area (Å²) in [6.45, 7) is 4.52. The van der Waals surface area contributed by atoms with E-state index < -0.39 is 0 Å². The summed E-state index contributed by atoms with van der Waals surface area (Å²) in [6, 6.07) is 0. The molecule has 0 aliphatic rings. The zero-order valence-electron chi connectivity index (χ0n) is 16.9. The molecule has 0 aromatic carbocycles. The highest BCUT2D eigenvalue weighted by molar-refractivity contribution is 4.82. The summed E-state index contributed by atoms with van der Waals surface area (Å²) in [6.07, 6.45) is 23.9. The molecule has 25 heavy (non-hydrogen) atoms. The number of aliphatic hydroxyl groups is 2. The molecule has 0 radical (unpaired) electrons. The van der Waals surface area contributed by atoms with Crippen LogP contribution in [0.1, 0.15) is 103 Å². The second-order valence-corrected chi connectivity index (χ2v) is 7.25. The zero-order chi connectivity index (χ0) is 18.4. The number of aliphatic hydroxyl groups excluding tert-OH is 2. The van der Waals surface area contributed by atoms with Gasteiger partial charge in [0.15, 0.2) is 0 Å². The van der Waals surface area contributed by atoms with Crippen molar-refractivity contribution in [2.75, 3.05) is 26.3 Å². The summed E-state index contributed by atoms with van der Waals surface area (Å²) >= 11 is 0. The molecule has 0 aliphatic heterocycles. The molecule has 2 N–H and O–H groups in total. The van der Waals surface area contributed by atoms with Gasteiger partial charge in [-0.05, 0) is 31.9 Å². The Kier molecular flexibility index (Phi) is 21.0. The number of rotatable bonds is 20. The molecule has 0 aromatic rings. The van der Waals surface area contributed by atoms with Gasteiger partial charge < -0.3 is 15.1 Å². The topological polar surface area (TPSA) is 43.7 Å². The Bertz CT molecular complexity index is 261. The number of hydrogen-bond donors (Lipinski definition) is 2. The third-order valence-corrected chi connectivity index (χ3v) is 4.75. The molecule has 3 nitrogen and oxygen atoms in total. The van der Waals surface area contributed by atoms with E-state index in [0.29, 0.717) is 0 Å². The van der Waals surface area contributed by atoms with Gasteiger partial charge in [-0.1, -0.05) is 83.6 Å². The lowest BCUT2D eigenvalue weighted by atomic mass is 10.0. The van der Waals surface area contributed by atoms with Crippen molar-refractivity contribution in [3.05, 3.63) is 12.3 Å². The van der Waals surface area contributed by atoms with Crippen LogP contribution in [0.2, 0.25) is 0 Å². The van der Waals surface area contributed by atoms with Crippen LogP contribution in [0.25, 0.3) is 0 Å². The van der Waals surface area contributed by atoms with E-state index in [1.54, 1.807) is 0 Å². The molecule has 0 heterocycles. The SMILES string of the molecule is CCCCCCCCCCCCCCC=CN(CCCO)CCCO. The van der Waals surface area contributed by atoms with Crippen molar-refractivity contribution < 1.29 is 10.2 Å². The summed E-state index contributed by atoms with van der Waals surface area (Å²) in [7, 11) is 0. The van der Waals surface area contributed by atoms with Crippen molar-refractivity contribution in [1.29, 1.82) is 0 Å². The van der Waals surface area contributed by atoms with Crippen LogP contribution in [0.15, 0.2) is 12.3 Å². The van der Waals surface area contributed by atoms with Crippen LogP contribution in [0, 0.1) is 0 Å². The average molecular weight is 356 g/mol. The smallest absolute Gasteiger partial charge is 0.0447 e. The molecule has 0 fully saturated rings. The fourth-order valence-corrected chi connectivity index (χ4v) is 3.14. The average Bonchev–Trinajstić information content (AvgIpc) is 2.63. The minimum Gasteiger partial charge on any atom is -0.396 e. The van der Waals surface area contributed by atoms with Gasteiger partial charge in [0.2, 0.25) is 0 Å². The second kappa shape index (κ2) is 21.5. The fourth-order valence-electron chi connectivity index (χ4n) is 3.14. The number of hydrogen-bond acceptors (Lipinski definition) is 3. The minimum atomic E-state index is 0.238. The van der Waals surface area contributed by atoms with Crippen LogP contribution in [0.4, 0.5) is 0 Å². The van der Waals surface area contributed by atoms with Gasteiger partial charge in [-0.3, -0.25) is 0 Å². The molecule has 150 valence electrons.